The number of ketones is 2. The van der Waals surface area contributed by atoms with Crippen LogP contribution < -0.4 is 9.44 Å². The van der Waals surface area contributed by atoms with Gasteiger partial charge in [0.25, 0.3) is 0 Å². The van der Waals surface area contributed by atoms with Crippen LogP contribution in [0.3, 0.4) is 0 Å². The normalized spacial score (nSPS) is 13.9. The van der Waals surface area contributed by atoms with Gasteiger partial charge in [-0.25, -0.2) is 19.2 Å². The van der Waals surface area contributed by atoms with Crippen molar-refractivity contribution in [2.24, 2.45) is 0 Å². The Morgan fingerprint density at radius 2 is 0.750 bits per heavy atom. The topological polar surface area (TPSA) is 257 Å². The number of nitrogens with one attached hydrogen (secondary N) is 2. The molecule has 0 aliphatic heterocycles. The van der Waals surface area contributed by atoms with Crippen molar-refractivity contribution >= 4 is 56.1 Å². The standard InChI is InChI=1S/C34H62N4O16S2/c1-23(39)21-25(27(41)51-31(3,4)5)37(29(43)53-33(9,10)11)55(45,46)35-15-17-49-19-20-50-18-16-36-56(47,48)38(30(44)54-34(12,13)14)26(22-24(2)40)28(42)52-32(6,7)8/h25-26,35-36H,15-22H2,1-14H3/t25-,26-/m0/s1. The van der Waals surface area contributed by atoms with Crippen LogP contribution in [0.5, 0.6) is 0 Å². The summed E-state index contributed by atoms with van der Waals surface area (Å²) in [5.41, 5.74) is -4.49. The van der Waals surface area contributed by atoms with Crippen molar-refractivity contribution < 1.29 is 74.0 Å². The number of ether oxygens (including phenoxy) is 6. The Kier molecular flexibility index (Phi) is 20.0. The van der Waals surface area contributed by atoms with Crippen molar-refractivity contribution in [2.75, 3.05) is 39.5 Å². The second-order valence-corrected chi connectivity index (χ2v) is 19.8. The first-order valence-corrected chi connectivity index (χ1v) is 20.6. The SMILES string of the molecule is CC(=O)C[C@@H](C(=O)OC(C)(C)C)N(C(=O)OC(C)(C)C)S(=O)(=O)NCCOCCOCCNS(=O)(=O)N(C(=O)OC(C)(C)C)[C@@H](CC(C)=O)C(=O)OC(C)(C)C. The van der Waals surface area contributed by atoms with E-state index in [9.17, 15) is 45.6 Å². The Balaban J connectivity index is 5.55. The van der Waals surface area contributed by atoms with Crippen LogP contribution in [0.2, 0.25) is 0 Å². The van der Waals surface area contributed by atoms with Crippen LogP contribution in [0, 0.1) is 0 Å². The molecule has 0 aromatic rings. The summed E-state index contributed by atoms with van der Waals surface area (Å²) in [6.45, 7) is 18.8. The lowest BCUT2D eigenvalue weighted by molar-refractivity contribution is -0.161. The van der Waals surface area contributed by atoms with Gasteiger partial charge in [-0.1, -0.05) is 0 Å². The molecule has 2 amide bonds. The summed E-state index contributed by atoms with van der Waals surface area (Å²) in [4.78, 5) is 76.4. The molecule has 0 rings (SSSR count). The molecule has 2 N–H and O–H groups in total. The number of carbonyl (C=O) groups excluding carboxylic acids is 6. The summed E-state index contributed by atoms with van der Waals surface area (Å²) in [7, 11) is -9.63. The van der Waals surface area contributed by atoms with E-state index in [0.29, 0.717) is 0 Å². The van der Waals surface area contributed by atoms with E-state index < -0.39 is 117 Å². The van der Waals surface area contributed by atoms with Gasteiger partial charge < -0.3 is 28.4 Å². The van der Waals surface area contributed by atoms with E-state index in [4.69, 9.17) is 28.4 Å². The van der Waals surface area contributed by atoms with Gasteiger partial charge in [0.1, 0.15) is 34.0 Å². The highest BCUT2D eigenvalue weighted by molar-refractivity contribution is 7.88. The van der Waals surface area contributed by atoms with Crippen molar-refractivity contribution in [3.63, 3.8) is 0 Å². The maximum atomic E-state index is 13.4. The fourth-order valence-corrected chi connectivity index (χ4v) is 6.57. The maximum absolute atomic E-state index is 13.4. The predicted octanol–water partition coefficient (Wildman–Crippen LogP) is 2.54. The Labute approximate surface area is 331 Å². The summed E-state index contributed by atoms with van der Waals surface area (Å²) in [5.74, 6) is -3.48. The van der Waals surface area contributed by atoms with Gasteiger partial charge in [-0.15, -0.1) is 0 Å². The van der Waals surface area contributed by atoms with E-state index in [2.05, 4.69) is 9.44 Å². The summed E-state index contributed by atoms with van der Waals surface area (Å²) in [5, 5.41) is 0. The van der Waals surface area contributed by atoms with Gasteiger partial charge in [0.15, 0.2) is 12.1 Å². The first-order chi connectivity index (χ1) is 25.1. The molecule has 22 heteroatoms. The van der Waals surface area contributed by atoms with Crippen LogP contribution in [0.4, 0.5) is 9.59 Å². The molecular weight excluding hydrogens is 785 g/mol. The molecule has 2 atom stereocenters. The molecule has 0 aromatic heterocycles. The highest BCUT2D eigenvalue weighted by Crippen LogP contribution is 2.22. The first kappa shape index (κ1) is 52.6. The average Bonchev–Trinajstić information content (AvgIpc) is 2.93. The molecule has 56 heavy (non-hydrogen) atoms. The fraction of sp³-hybridized carbons (Fsp3) is 0.824. The second kappa shape index (κ2) is 21.4. The number of carbonyl (C=O) groups is 6. The Bertz CT molecular complexity index is 1470. The van der Waals surface area contributed by atoms with E-state index in [1.54, 1.807) is 0 Å². The minimum Gasteiger partial charge on any atom is -0.458 e. The van der Waals surface area contributed by atoms with Crippen LogP contribution >= 0.6 is 0 Å². The van der Waals surface area contributed by atoms with Crippen LogP contribution in [-0.4, -0.2) is 135 Å². The Morgan fingerprint density at radius 1 is 0.482 bits per heavy atom. The minimum atomic E-state index is -4.81. The molecule has 0 radical (unpaired) electrons. The third kappa shape index (κ3) is 21.8. The third-order valence-corrected chi connectivity index (χ3v) is 8.96. The minimum absolute atomic E-state index is 0.113. The molecule has 0 spiro atoms. The number of rotatable bonds is 21. The molecule has 0 fully saturated rings. The van der Waals surface area contributed by atoms with Gasteiger partial charge in [0.2, 0.25) is 0 Å². The molecule has 0 aromatic carbocycles. The van der Waals surface area contributed by atoms with E-state index in [1.165, 1.54) is 83.1 Å². The van der Waals surface area contributed by atoms with E-state index >= 15 is 0 Å². The second-order valence-electron chi connectivity index (χ2n) is 16.5. The summed E-state index contributed by atoms with van der Waals surface area (Å²) < 4.78 is 89.8. The molecule has 0 aliphatic rings. The van der Waals surface area contributed by atoms with Crippen LogP contribution in [0.15, 0.2) is 0 Å². The number of hydrogen-bond donors (Lipinski definition) is 2. The van der Waals surface area contributed by atoms with Crippen molar-refractivity contribution in [3.8, 4) is 0 Å². The van der Waals surface area contributed by atoms with Gasteiger partial charge in [-0.05, 0) is 96.9 Å². The number of nitrogens with zero attached hydrogens (tertiary/aromatic N) is 2. The van der Waals surface area contributed by atoms with Crippen molar-refractivity contribution in [2.45, 2.75) is 144 Å². The van der Waals surface area contributed by atoms with E-state index in [-0.39, 0.29) is 35.0 Å². The molecule has 20 nitrogen and oxygen atoms in total. The van der Waals surface area contributed by atoms with Crippen LogP contribution in [0.25, 0.3) is 0 Å². The zero-order valence-corrected chi connectivity index (χ0v) is 36.7. The van der Waals surface area contributed by atoms with E-state index in [1.807, 2.05) is 0 Å². The van der Waals surface area contributed by atoms with Crippen molar-refractivity contribution in [1.29, 1.82) is 0 Å². The summed E-state index contributed by atoms with van der Waals surface area (Å²) in [6, 6.07) is -3.75. The zero-order chi connectivity index (χ0) is 44.1. The Hall–Kier alpha value is -3.44. The van der Waals surface area contributed by atoms with Gasteiger partial charge in [-0.3, -0.25) is 9.59 Å². The quantitative estimate of drug-likeness (QED) is 0.0956. The highest BCUT2D eigenvalue weighted by Gasteiger charge is 2.45. The first-order valence-electron chi connectivity index (χ1n) is 17.7. The van der Waals surface area contributed by atoms with Crippen molar-refractivity contribution in [3.05, 3.63) is 0 Å². The lowest BCUT2D eigenvalue weighted by Gasteiger charge is -2.32. The molecule has 326 valence electrons. The molecule has 0 bridgehead atoms. The molecular formula is C34H62N4O16S2. The fourth-order valence-electron chi connectivity index (χ4n) is 4.15. The third-order valence-electron chi connectivity index (χ3n) is 5.98. The monoisotopic (exact) mass is 846 g/mol. The van der Waals surface area contributed by atoms with Crippen LogP contribution in [0.1, 0.15) is 110 Å². The summed E-state index contributed by atoms with van der Waals surface area (Å²) in [6.07, 6.45) is -4.19. The smallest absolute Gasteiger partial charge is 0.425 e. The van der Waals surface area contributed by atoms with Crippen LogP contribution in [-0.2, 0) is 68.0 Å². The lowest BCUT2D eigenvalue weighted by atomic mass is 10.1. The zero-order valence-electron chi connectivity index (χ0n) is 35.1. The maximum Gasteiger partial charge on any atom is 0.425 e. The largest absolute Gasteiger partial charge is 0.458 e. The number of Topliss-reactive ketones (excluding diaryl/α,β-unsaturated/α-hetero) is 2. The van der Waals surface area contributed by atoms with Gasteiger partial charge in [0.05, 0.1) is 26.4 Å². The predicted molar refractivity (Wildman–Crippen MR) is 201 cm³/mol. The highest BCUT2D eigenvalue weighted by atomic mass is 32.2. The number of amides is 2. The number of hydrogen-bond acceptors (Lipinski definition) is 16. The molecule has 0 unspecified atom stereocenters. The molecule has 0 saturated carbocycles. The van der Waals surface area contributed by atoms with Gasteiger partial charge in [-0.2, -0.15) is 34.9 Å². The summed E-state index contributed by atoms with van der Waals surface area (Å²) >= 11 is 0. The van der Waals surface area contributed by atoms with Crippen molar-refractivity contribution in [1.82, 2.24) is 18.1 Å². The number of esters is 2. The van der Waals surface area contributed by atoms with Gasteiger partial charge in [0, 0.05) is 25.9 Å². The molecule has 0 heterocycles. The molecule has 0 aliphatic carbocycles. The Morgan fingerprint density at radius 3 is 0.982 bits per heavy atom. The van der Waals surface area contributed by atoms with Gasteiger partial charge >= 0.3 is 44.5 Å². The average molecular weight is 847 g/mol. The lowest BCUT2D eigenvalue weighted by Crippen LogP contribution is -2.56. The van der Waals surface area contributed by atoms with E-state index in [0.717, 1.165) is 13.8 Å². The molecule has 0 saturated heterocycles.